The number of hydrogen-bond donors (Lipinski definition) is 1. The SMILES string of the molecule is O=C(O)c1cn(Cc2ccc(F)cc2)c2cnc3c(=O)occc3c12.O=Cc1cn(Cc2ccc(F)cc2)c2cnc3c(=O)occc3c12. The minimum atomic E-state index is -1.11. The number of benzene rings is 2. The molecular weight excluding hydrogens is 638 g/mol. The van der Waals surface area contributed by atoms with E-state index < -0.39 is 17.2 Å². The Balaban J connectivity index is 0.000000154. The van der Waals surface area contributed by atoms with Gasteiger partial charge in [-0.25, -0.2) is 33.1 Å². The third-order valence-corrected chi connectivity index (χ3v) is 8.05. The molecule has 8 rings (SSSR count). The molecule has 2 aromatic carbocycles. The molecule has 0 saturated carbocycles. The number of pyridine rings is 2. The molecule has 0 fully saturated rings. The summed E-state index contributed by atoms with van der Waals surface area (Å²) in [6.45, 7) is 0.804. The highest BCUT2D eigenvalue weighted by molar-refractivity contribution is 6.15. The minimum Gasteiger partial charge on any atom is -0.478 e. The summed E-state index contributed by atoms with van der Waals surface area (Å²) in [5.41, 5.74) is 2.62. The molecule has 1 N–H and O–H groups in total. The van der Waals surface area contributed by atoms with Gasteiger partial charge in [0.2, 0.25) is 0 Å². The van der Waals surface area contributed by atoms with Gasteiger partial charge in [-0.1, -0.05) is 24.3 Å². The van der Waals surface area contributed by atoms with Crippen LogP contribution in [0.4, 0.5) is 8.78 Å². The maximum Gasteiger partial charge on any atom is 0.362 e. The van der Waals surface area contributed by atoms with Crippen LogP contribution >= 0.6 is 0 Å². The molecule has 0 atom stereocenters. The summed E-state index contributed by atoms with van der Waals surface area (Å²) < 4.78 is 39.3. The van der Waals surface area contributed by atoms with E-state index in [9.17, 15) is 33.1 Å². The van der Waals surface area contributed by atoms with Crippen LogP contribution in [0.25, 0.3) is 43.6 Å². The maximum atomic E-state index is 13.1. The molecule has 242 valence electrons. The number of carbonyl (C=O) groups is 2. The predicted octanol–water partition coefficient (Wildman–Crippen LogP) is 6.17. The molecule has 49 heavy (non-hydrogen) atoms. The number of aromatic carboxylic acids is 1. The highest BCUT2D eigenvalue weighted by Gasteiger charge is 2.19. The summed E-state index contributed by atoms with van der Waals surface area (Å²) in [6.07, 6.45) is 9.45. The smallest absolute Gasteiger partial charge is 0.362 e. The average molecular weight is 661 g/mol. The second kappa shape index (κ2) is 12.4. The fourth-order valence-corrected chi connectivity index (χ4v) is 5.82. The van der Waals surface area contributed by atoms with Crippen molar-refractivity contribution in [2.24, 2.45) is 0 Å². The van der Waals surface area contributed by atoms with E-state index in [0.717, 1.165) is 22.9 Å². The molecule has 0 aliphatic rings. The quantitative estimate of drug-likeness (QED) is 0.207. The maximum absolute atomic E-state index is 13.1. The molecular formula is C36H22F2N4O7. The molecule has 0 aliphatic heterocycles. The van der Waals surface area contributed by atoms with Crippen LogP contribution in [-0.4, -0.2) is 36.5 Å². The zero-order chi connectivity index (χ0) is 34.2. The number of hydrogen-bond acceptors (Lipinski definition) is 8. The first kappa shape index (κ1) is 30.9. The van der Waals surface area contributed by atoms with Crippen molar-refractivity contribution < 1.29 is 32.3 Å². The van der Waals surface area contributed by atoms with Gasteiger partial charge in [-0.15, -0.1) is 0 Å². The first-order valence-electron chi connectivity index (χ1n) is 14.7. The van der Waals surface area contributed by atoms with Crippen LogP contribution in [-0.2, 0) is 13.1 Å². The Morgan fingerprint density at radius 2 is 1.18 bits per heavy atom. The van der Waals surface area contributed by atoms with Crippen molar-refractivity contribution in [2.75, 3.05) is 0 Å². The normalized spacial score (nSPS) is 11.2. The minimum absolute atomic E-state index is 0.0649. The van der Waals surface area contributed by atoms with Gasteiger partial charge in [0, 0.05) is 52.6 Å². The van der Waals surface area contributed by atoms with E-state index in [1.54, 1.807) is 47.3 Å². The van der Waals surface area contributed by atoms with E-state index in [0.29, 0.717) is 45.7 Å². The Morgan fingerprint density at radius 3 is 1.67 bits per heavy atom. The van der Waals surface area contributed by atoms with Crippen molar-refractivity contribution in [1.29, 1.82) is 0 Å². The van der Waals surface area contributed by atoms with Crippen LogP contribution in [0.15, 0.2) is 116 Å². The Kier molecular flexibility index (Phi) is 7.84. The van der Waals surface area contributed by atoms with Gasteiger partial charge in [-0.05, 0) is 47.5 Å². The van der Waals surface area contributed by atoms with E-state index in [1.165, 1.54) is 55.3 Å². The van der Waals surface area contributed by atoms with Crippen LogP contribution in [0.5, 0.6) is 0 Å². The number of aromatic nitrogens is 4. The molecule has 0 saturated heterocycles. The van der Waals surface area contributed by atoms with Crippen molar-refractivity contribution in [3.63, 3.8) is 0 Å². The summed E-state index contributed by atoms with van der Waals surface area (Å²) in [5.74, 6) is -1.75. The van der Waals surface area contributed by atoms with Gasteiger partial charge in [0.1, 0.15) is 11.6 Å². The zero-order valence-electron chi connectivity index (χ0n) is 25.2. The predicted molar refractivity (Wildman–Crippen MR) is 175 cm³/mol. The van der Waals surface area contributed by atoms with Gasteiger partial charge < -0.3 is 23.1 Å². The molecule has 11 nitrogen and oxygen atoms in total. The van der Waals surface area contributed by atoms with Crippen molar-refractivity contribution >= 4 is 55.9 Å². The molecule has 0 aliphatic carbocycles. The molecule has 6 heterocycles. The summed E-state index contributed by atoms with van der Waals surface area (Å²) in [6, 6.07) is 15.3. The number of halogens is 2. The largest absolute Gasteiger partial charge is 0.478 e. The standard InChI is InChI=1S/C18H11FN2O4.C18H11FN2O3/c19-11-3-1-10(2-4-11)8-21-9-13(17(22)23)15-12-5-6-25-18(24)16(12)20-7-14(15)21;19-13-3-1-11(2-4-13)8-21-9-12(10-22)16-14-5-6-24-18(23)17(14)20-7-15(16)21/h1-7,9H,8H2,(H,22,23);1-7,9-10H,8H2. The van der Waals surface area contributed by atoms with E-state index in [4.69, 9.17) is 8.83 Å². The molecule has 8 aromatic rings. The van der Waals surface area contributed by atoms with E-state index in [-0.39, 0.29) is 28.2 Å². The number of fused-ring (bicyclic) bond motifs is 6. The molecule has 0 bridgehead atoms. The van der Waals surface area contributed by atoms with Gasteiger partial charge in [-0.3, -0.25) is 4.79 Å². The molecule has 0 amide bonds. The van der Waals surface area contributed by atoms with Gasteiger partial charge in [0.25, 0.3) is 0 Å². The Bertz CT molecular complexity index is 2670. The van der Waals surface area contributed by atoms with Gasteiger partial charge >= 0.3 is 17.2 Å². The number of carboxylic acids is 1. The number of nitrogens with zero attached hydrogens (tertiary/aromatic N) is 4. The number of aldehydes is 1. The zero-order valence-corrected chi connectivity index (χ0v) is 25.2. The second-order valence-corrected chi connectivity index (χ2v) is 11.0. The average Bonchev–Trinajstić information content (AvgIpc) is 3.66. The first-order valence-corrected chi connectivity index (χ1v) is 14.7. The third kappa shape index (κ3) is 5.73. The van der Waals surface area contributed by atoms with Crippen molar-refractivity contribution in [3.8, 4) is 0 Å². The number of carboxylic acid groups (broad SMARTS) is 1. The summed E-state index contributed by atoms with van der Waals surface area (Å²) >= 11 is 0. The van der Waals surface area contributed by atoms with Gasteiger partial charge in [0.15, 0.2) is 17.3 Å². The lowest BCUT2D eigenvalue weighted by Gasteiger charge is -2.06. The second-order valence-electron chi connectivity index (χ2n) is 11.0. The van der Waals surface area contributed by atoms with Crippen LogP contribution in [0.2, 0.25) is 0 Å². The third-order valence-electron chi connectivity index (χ3n) is 8.05. The van der Waals surface area contributed by atoms with Crippen LogP contribution < -0.4 is 11.3 Å². The Labute approximate surface area is 272 Å². The molecule has 0 spiro atoms. The fraction of sp³-hybridized carbons (Fsp3) is 0.0556. The van der Waals surface area contributed by atoms with Crippen LogP contribution in [0.1, 0.15) is 31.8 Å². The van der Waals surface area contributed by atoms with Crippen molar-refractivity contribution in [3.05, 3.63) is 153 Å². The Hall–Kier alpha value is -6.76. The van der Waals surface area contributed by atoms with Crippen molar-refractivity contribution in [2.45, 2.75) is 13.1 Å². The lowest BCUT2D eigenvalue weighted by molar-refractivity contribution is 0.0698. The summed E-state index contributed by atoms with van der Waals surface area (Å²) in [5, 5.41) is 11.6. The number of carbonyl (C=O) groups excluding carboxylic acids is 1. The topological polar surface area (TPSA) is 150 Å². The van der Waals surface area contributed by atoms with Crippen LogP contribution in [0.3, 0.4) is 0 Å². The number of rotatable bonds is 6. The monoisotopic (exact) mass is 660 g/mol. The summed E-state index contributed by atoms with van der Waals surface area (Å²) in [7, 11) is 0. The highest BCUT2D eigenvalue weighted by Crippen LogP contribution is 2.29. The highest BCUT2D eigenvalue weighted by atomic mass is 19.1. The molecule has 6 aromatic heterocycles. The molecule has 0 unspecified atom stereocenters. The lowest BCUT2D eigenvalue weighted by Crippen LogP contribution is -2.02. The molecule has 13 heteroatoms. The summed E-state index contributed by atoms with van der Waals surface area (Å²) in [4.78, 5) is 55.0. The fourth-order valence-electron chi connectivity index (χ4n) is 5.82. The molecule has 0 radical (unpaired) electrons. The lowest BCUT2D eigenvalue weighted by atomic mass is 10.1. The first-order chi connectivity index (χ1) is 23.7. The van der Waals surface area contributed by atoms with E-state index in [2.05, 4.69) is 9.97 Å². The van der Waals surface area contributed by atoms with Gasteiger partial charge in [0.05, 0.1) is 41.5 Å². The van der Waals surface area contributed by atoms with E-state index >= 15 is 0 Å². The van der Waals surface area contributed by atoms with Crippen LogP contribution in [0, 0.1) is 11.6 Å². The Morgan fingerprint density at radius 1 is 0.714 bits per heavy atom. The van der Waals surface area contributed by atoms with Gasteiger partial charge in [-0.2, -0.15) is 0 Å². The van der Waals surface area contributed by atoms with Crippen molar-refractivity contribution in [1.82, 2.24) is 19.1 Å². The van der Waals surface area contributed by atoms with E-state index in [1.807, 2.05) is 4.57 Å².